The molecule has 0 saturated carbocycles. The first-order chi connectivity index (χ1) is 7.38. The van der Waals surface area contributed by atoms with Crippen LogP contribution < -0.4 is 5.32 Å². The first-order valence-electron chi connectivity index (χ1n) is 4.51. The van der Waals surface area contributed by atoms with Crippen LogP contribution >= 0.6 is 0 Å². The van der Waals surface area contributed by atoms with E-state index in [0.717, 1.165) is 0 Å². The van der Waals surface area contributed by atoms with Gasteiger partial charge in [-0.15, -0.1) is 0 Å². The van der Waals surface area contributed by atoms with Crippen molar-refractivity contribution in [2.24, 2.45) is 0 Å². The molecule has 0 radical (unpaired) electrons. The van der Waals surface area contributed by atoms with Crippen molar-refractivity contribution in [2.75, 3.05) is 5.32 Å². The number of aryl methyl sites for hydroxylation is 1. The van der Waals surface area contributed by atoms with Crippen LogP contribution in [0.3, 0.4) is 0 Å². The highest BCUT2D eigenvalue weighted by atomic mass is 19.4. The van der Waals surface area contributed by atoms with E-state index in [1.165, 1.54) is 10.8 Å². The number of anilines is 1. The minimum absolute atomic E-state index is 0.0500. The number of aromatic nitrogens is 2. The molecule has 2 N–H and O–H groups in total. The molecule has 0 saturated heterocycles. The Morgan fingerprint density at radius 3 is 2.88 bits per heavy atom. The van der Waals surface area contributed by atoms with Crippen molar-refractivity contribution in [2.45, 2.75) is 25.2 Å². The Balaban J connectivity index is 2.24. The number of fused-ring (bicyclic) bond motifs is 1. The Kier molecular flexibility index (Phi) is 2.28. The molecule has 2 heterocycles. The number of carboxylic acid groups (broad SMARTS) is 1. The maximum Gasteiger partial charge on any atom is 0.408 e. The third-order valence-corrected chi connectivity index (χ3v) is 2.35. The molecule has 0 fully saturated rings. The fourth-order valence-electron chi connectivity index (χ4n) is 1.55. The minimum Gasteiger partial charge on any atom is -0.476 e. The minimum atomic E-state index is -4.35. The molecular weight excluding hydrogens is 227 g/mol. The standard InChI is InChI=1S/C8H8F3N3O2/c9-8(10,11)5-1-2-14-3-4(6(15)16)12-7(14)13-5/h3,5H,1-2H2,(H,12,13)(H,15,16)/t5-/m0/s1. The van der Waals surface area contributed by atoms with Crippen molar-refractivity contribution in [1.29, 1.82) is 0 Å². The van der Waals surface area contributed by atoms with Crippen LogP contribution in [0.4, 0.5) is 19.1 Å². The molecule has 1 aromatic heterocycles. The van der Waals surface area contributed by atoms with Crippen LogP contribution in [0.5, 0.6) is 0 Å². The molecule has 8 heteroatoms. The topological polar surface area (TPSA) is 67.1 Å². The zero-order valence-electron chi connectivity index (χ0n) is 7.95. The first kappa shape index (κ1) is 10.8. The smallest absolute Gasteiger partial charge is 0.408 e. The largest absolute Gasteiger partial charge is 0.476 e. The van der Waals surface area contributed by atoms with E-state index in [-0.39, 0.29) is 24.6 Å². The van der Waals surface area contributed by atoms with Gasteiger partial charge in [0.1, 0.15) is 6.04 Å². The molecule has 5 nitrogen and oxygen atoms in total. The molecule has 0 bridgehead atoms. The van der Waals surface area contributed by atoms with Crippen molar-refractivity contribution < 1.29 is 23.1 Å². The normalized spacial score (nSPS) is 20.1. The van der Waals surface area contributed by atoms with Crippen LogP contribution in [0.2, 0.25) is 0 Å². The zero-order valence-corrected chi connectivity index (χ0v) is 7.95. The Morgan fingerprint density at radius 1 is 1.62 bits per heavy atom. The first-order valence-corrected chi connectivity index (χ1v) is 4.51. The summed E-state index contributed by atoms with van der Waals surface area (Å²) < 4.78 is 38.5. The van der Waals surface area contributed by atoms with E-state index >= 15 is 0 Å². The van der Waals surface area contributed by atoms with Crippen LogP contribution in [0.25, 0.3) is 0 Å². The monoisotopic (exact) mass is 235 g/mol. The second-order valence-electron chi connectivity index (χ2n) is 3.48. The Morgan fingerprint density at radius 2 is 2.31 bits per heavy atom. The molecule has 1 atom stereocenters. The summed E-state index contributed by atoms with van der Waals surface area (Å²) in [5, 5.41) is 10.8. The molecule has 2 rings (SSSR count). The van der Waals surface area contributed by atoms with Gasteiger partial charge in [0.15, 0.2) is 5.69 Å². The number of aromatic carboxylic acids is 1. The van der Waals surface area contributed by atoms with Crippen molar-refractivity contribution in [3.8, 4) is 0 Å². The highest BCUT2D eigenvalue weighted by Gasteiger charge is 2.41. The number of imidazole rings is 1. The lowest BCUT2D eigenvalue weighted by Gasteiger charge is -2.26. The maximum atomic E-state index is 12.4. The van der Waals surface area contributed by atoms with Gasteiger partial charge in [0.05, 0.1) is 0 Å². The van der Waals surface area contributed by atoms with Gasteiger partial charge in [-0.05, 0) is 6.42 Å². The SMILES string of the molecule is O=C(O)c1cn2c(n1)N[C@H](C(F)(F)F)CC2. The summed E-state index contributed by atoms with van der Waals surface area (Å²) in [5.74, 6) is -1.31. The number of hydrogen-bond acceptors (Lipinski definition) is 3. The van der Waals surface area contributed by atoms with Crippen LogP contribution in [0.1, 0.15) is 16.9 Å². The van der Waals surface area contributed by atoms with E-state index in [0.29, 0.717) is 0 Å². The van der Waals surface area contributed by atoms with Gasteiger partial charge in [-0.1, -0.05) is 0 Å². The summed E-state index contributed by atoms with van der Waals surface area (Å²) in [6.07, 6.45) is -3.26. The van der Waals surface area contributed by atoms with E-state index in [1.807, 2.05) is 0 Å². The predicted octanol–water partition coefficient (Wildman–Crippen LogP) is 1.33. The number of hydrogen-bond donors (Lipinski definition) is 2. The summed E-state index contributed by atoms with van der Waals surface area (Å²) >= 11 is 0. The van der Waals surface area contributed by atoms with Gasteiger partial charge in [0.25, 0.3) is 0 Å². The molecule has 0 spiro atoms. The lowest BCUT2D eigenvalue weighted by Crippen LogP contribution is -2.40. The number of nitrogens with zero attached hydrogens (tertiary/aromatic N) is 2. The second-order valence-corrected chi connectivity index (χ2v) is 3.48. The quantitative estimate of drug-likeness (QED) is 0.770. The molecule has 1 aliphatic rings. The van der Waals surface area contributed by atoms with E-state index in [4.69, 9.17) is 5.11 Å². The number of carboxylic acids is 1. The highest BCUT2D eigenvalue weighted by Crippen LogP contribution is 2.29. The van der Waals surface area contributed by atoms with Gasteiger partial charge in [0, 0.05) is 12.7 Å². The summed E-state index contributed by atoms with van der Waals surface area (Å²) in [6, 6.07) is -1.66. The number of carbonyl (C=O) groups is 1. The van der Waals surface area contributed by atoms with Crippen molar-refractivity contribution >= 4 is 11.9 Å². The average molecular weight is 235 g/mol. The zero-order chi connectivity index (χ0) is 11.9. The Bertz CT molecular complexity index is 427. The maximum absolute atomic E-state index is 12.4. The number of rotatable bonds is 1. The van der Waals surface area contributed by atoms with Crippen LogP contribution in [0.15, 0.2) is 6.20 Å². The van der Waals surface area contributed by atoms with Gasteiger partial charge in [-0.3, -0.25) is 0 Å². The molecular formula is C8H8F3N3O2. The molecule has 16 heavy (non-hydrogen) atoms. The molecule has 0 aromatic carbocycles. The van der Waals surface area contributed by atoms with Crippen molar-refractivity contribution in [1.82, 2.24) is 9.55 Å². The molecule has 0 unspecified atom stereocenters. The summed E-state index contributed by atoms with van der Waals surface area (Å²) in [6.45, 7) is 0.104. The molecule has 0 amide bonds. The van der Waals surface area contributed by atoms with Gasteiger partial charge in [-0.25, -0.2) is 9.78 Å². The second kappa shape index (κ2) is 3.39. The van der Waals surface area contributed by atoms with Gasteiger partial charge < -0.3 is 15.0 Å². The van der Waals surface area contributed by atoms with Crippen molar-refractivity contribution in [3.63, 3.8) is 0 Å². The van der Waals surface area contributed by atoms with Crippen LogP contribution in [-0.2, 0) is 6.54 Å². The number of alkyl halides is 3. The van der Waals surface area contributed by atoms with Gasteiger partial charge >= 0.3 is 12.1 Å². The fourth-order valence-corrected chi connectivity index (χ4v) is 1.55. The summed E-state index contributed by atoms with van der Waals surface area (Å²) in [4.78, 5) is 14.1. The number of halogens is 3. The molecule has 88 valence electrons. The van der Waals surface area contributed by atoms with Crippen LogP contribution in [0, 0.1) is 0 Å². The lowest BCUT2D eigenvalue weighted by molar-refractivity contribution is -0.145. The summed E-state index contributed by atoms with van der Waals surface area (Å²) in [7, 11) is 0. The van der Waals surface area contributed by atoms with Gasteiger partial charge in [0.2, 0.25) is 5.95 Å². The molecule has 1 aliphatic heterocycles. The van der Waals surface area contributed by atoms with Crippen LogP contribution in [-0.4, -0.2) is 32.8 Å². The van der Waals surface area contributed by atoms with E-state index in [9.17, 15) is 18.0 Å². The number of nitrogens with one attached hydrogen (secondary N) is 1. The Hall–Kier alpha value is -1.73. The third-order valence-electron chi connectivity index (χ3n) is 2.35. The van der Waals surface area contributed by atoms with Crippen molar-refractivity contribution in [3.05, 3.63) is 11.9 Å². The molecule has 1 aromatic rings. The van der Waals surface area contributed by atoms with E-state index in [1.54, 1.807) is 0 Å². The highest BCUT2D eigenvalue weighted by molar-refractivity contribution is 5.85. The lowest BCUT2D eigenvalue weighted by atomic mass is 10.2. The summed E-state index contributed by atoms with van der Waals surface area (Å²) in [5.41, 5.74) is -0.259. The Labute approximate surface area is 87.9 Å². The van der Waals surface area contributed by atoms with Gasteiger partial charge in [-0.2, -0.15) is 13.2 Å². The molecule has 0 aliphatic carbocycles. The predicted molar refractivity (Wildman–Crippen MR) is 47.3 cm³/mol. The van der Waals surface area contributed by atoms with E-state index < -0.39 is 18.2 Å². The average Bonchev–Trinajstić information content (AvgIpc) is 2.58. The van der Waals surface area contributed by atoms with E-state index in [2.05, 4.69) is 10.3 Å². The third kappa shape index (κ3) is 1.82. The fraction of sp³-hybridized carbons (Fsp3) is 0.500.